The van der Waals surface area contributed by atoms with Crippen molar-refractivity contribution in [2.24, 2.45) is 0 Å². The van der Waals surface area contributed by atoms with Gasteiger partial charge in [0.05, 0.1) is 19.3 Å². The number of aryl methyl sites for hydroxylation is 2. The van der Waals surface area contributed by atoms with E-state index in [2.05, 4.69) is 15.0 Å². The van der Waals surface area contributed by atoms with E-state index < -0.39 is 0 Å². The third kappa shape index (κ3) is 3.64. The summed E-state index contributed by atoms with van der Waals surface area (Å²) in [6.45, 7) is 9.88. The van der Waals surface area contributed by atoms with E-state index in [4.69, 9.17) is 4.74 Å². The van der Waals surface area contributed by atoms with Crippen molar-refractivity contribution >= 4 is 5.91 Å². The van der Waals surface area contributed by atoms with Gasteiger partial charge in [0, 0.05) is 39.1 Å². The van der Waals surface area contributed by atoms with Gasteiger partial charge in [0.25, 0.3) is 0 Å². The van der Waals surface area contributed by atoms with E-state index in [1.165, 1.54) is 0 Å². The van der Waals surface area contributed by atoms with Gasteiger partial charge in [0.2, 0.25) is 5.91 Å². The van der Waals surface area contributed by atoms with Gasteiger partial charge >= 0.3 is 0 Å². The molecule has 1 aromatic heterocycles. The molecular formula is C15H25N5O2. The zero-order valence-electron chi connectivity index (χ0n) is 13.5. The molecule has 22 heavy (non-hydrogen) atoms. The molecule has 2 fully saturated rings. The molecule has 1 amide bonds. The summed E-state index contributed by atoms with van der Waals surface area (Å²) < 4.78 is 7.78. The molecule has 0 saturated carbocycles. The lowest BCUT2D eigenvalue weighted by molar-refractivity contribution is -0.128. The van der Waals surface area contributed by atoms with E-state index in [1.54, 1.807) is 0 Å². The Balaban J connectivity index is 1.48. The molecule has 1 aromatic rings. The minimum atomic E-state index is 0.142. The molecule has 3 rings (SSSR count). The summed E-state index contributed by atoms with van der Waals surface area (Å²) in [4.78, 5) is 20.4. The summed E-state index contributed by atoms with van der Waals surface area (Å²) in [6, 6.07) is 0. The van der Waals surface area contributed by atoms with Crippen LogP contribution in [-0.4, -0.2) is 75.9 Å². The Morgan fingerprint density at radius 2 is 2.14 bits per heavy atom. The number of nitrogens with zero attached hydrogens (tertiary/aromatic N) is 5. The Bertz CT molecular complexity index is 530. The van der Waals surface area contributed by atoms with E-state index >= 15 is 0 Å². The van der Waals surface area contributed by atoms with Crippen LogP contribution in [-0.2, 0) is 16.1 Å². The fraction of sp³-hybridized carbons (Fsp3) is 0.800. The summed E-state index contributed by atoms with van der Waals surface area (Å²) >= 11 is 0. The number of hydrogen-bond acceptors (Lipinski definition) is 5. The van der Waals surface area contributed by atoms with Crippen molar-refractivity contribution < 1.29 is 9.53 Å². The number of amides is 1. The molecule has 2 aliphatic rings. The third-order valence-electron chi connectivity index (χ3n) is 4.42. The predicted octanol–water partition coefficient (Wildman–Crippen LogP) is 0.218. The minimum absolute atomic E-state index is 0.142. The summed E-state index contributed by atoms with van der Waals surface area (Å²) in [7, 11) is 0. The fourth-order valence-corrected chi connectivity index (χ4v) is 3.22. The Kier molecular flexibility index (Phi) is 4.73. The number of ether oxygens (including phenoxy) is 1. The van der Waals surface area contributed by atoms with Crippen LogP contribution in [0.15, 0.2) is 0 Å². The van der Waals surface area contributed by atoms with Gasteiger partial charge in [0.15, 0.2) is 0 Å². The van der Waals surface area contributed by atoms with Crippen LogP contribution in [0, 0.1) is 13.8 Å². The number of carbonyl (C=O) groups is 1. The molecule has 7 heteroatoms. The van der Waals surface area contributed by atoms with Crippen molar-refractivity contribution in [1.29, 1.82) is 0 Å². The lowest BCUT2D eigenvalue weighted by Gasteiger charge is -2.33. The van der Waals surface area contributed by atoms with E-state index in [0.29, 0.717) is 5.91 Å². The maximum atomic E-state index is 11.7. The minimum Gasteiger partial charge on any atom is -0.374 e. The Morgan fingerprint density at radius 1 is 1.27 bits per heavy atom. The normalized spacial score (nSPS) is 23.5. The smallest absolute Gasteiger partial charge is 0.222 e. The van der Waals surface area contributed by atoms with Crippen LogP contribution in [0.2, 0.25) is 0 Å². The van der Waals surface area contributed by atoms with E-state index in [-0.39, 0.29) is 6.10 Å². The lowest BCUT2D eigenvalue weighted by Crippen LogP contribution is -2.47. The first-order valence-corrected chi connectivity index (χ1v) is 8.11. The number of likely N-dealkylation sites (tertiary alicyclic amines) is 1. The summed E-state index contributed by atoms with van der Waals surface area (Å²) in [5, 5.41) is 4.40. The van der Waals surface area contributed by atoms with Crippen molar-refractivity contribution in [3.05, 3.63) is 11.6 Å². The summed E-state index contributed by atoms with van der Waals surface area (Å²) in [6.07, 6.45) is 1.87. The maximum Gasteiger partial charge on any atom is 0.222 e. The Hall–Kier alpha value is -1.47. The Labute approximate surface area is 131 Å². The van der Waals surface area contributed by atoms with Crippen LogP contribution in [0.5, 0.6) is 0 Å². The first-order chi connectivity index (χ1) is 10.6. The molecule has 7 nitrogen and oxygen atoms in total. The molecule has 2 saturated heterocycles. The molecule has 2 aliphatic heterocycles. The largest absolute Gasteiger partial charge is 0.374 e. The zero-order valence-corrected chi connectivity index (χ0v) is 13.5. The molecule has 0 bridgehead atoms. The predicted molar refractivity (Wildman–Crippen MR) is 81.5 cm³/mol. The second-order valence-corrected chi connectivity index (χ2v) is 6.17. The quantitative estimate of drug-likeness (QED) is 0.778. The highest BCUT2D eigenvalue weighted by molar-refractivity contribution is 5.78. The van der Waals surface area contributed by atoms with Crippen LogP contribution < -0.4 is 0 Å². The van der Waals surface area contributed by atoms with Crippen molar-refractivity contribution in [3.63, 3.8) is 0 Å². The monoisotopic (exact) mass is 307 g/mol. The molecule has 0 aliphatic carbocycles. The first-order valence-electron chi connectivity index (χ1n) is 8.11. The lowest BCUT2D eigenvalue weighted by atomic mass is 10.2. The van der Waals surface area contributed by atoms with Gasteiger partial charge in [-0.2, -0.15) is 5.10 Å². The second-order valence-electron chi connectivity index (χ2n) is 6.17. The number of aromatic nitrogens is 3. The summed E-state index contributed by atoms with van der Waals surface area (Å²) in [5.74, 6) is 2.04. The average Bonchev–Trinajstić information content (AvgIpc) is 3.03. The fourth-order valence-electron chi connectivity index (χ4n) is 3.22. The van der Waals surface area contributed by atoms with Crippen molar-refractivity contribution in [2.75, 3.05) is 39.3 Å². The van der Waals surface area contributed by atoms with Gasteiger partial charge in [-0.3, -0.25) is 9.69 Å². The maximum absolute atomic E-state index is 11.7. The zero-order chi connectivity index (χ0) is 15.5. The van der Waals surface area contributed by atoms with Gasteiger partial charge in [-0.1, -0.05) is 0 Å². The number of hydrogen-bond donors (Lipinski definition) is 0. The number of morpholine rings is 1. The molecular weight excluding hydrogens is 282 g/mol. The topological polar surface area (TPSA) is 63.5 Å². The van der Waals surface area contributed by atoms with E-state index in [0.717, 1.165) is 70.4 Å². The number of rotatable bonds is 5. The molecule has 122 valence electrons. The molecule has 0 radical (unpaired) electrons. The van der Waals surface area contributed by atoms with Crippen molar-refractivity contribution in [3.8, 4) is 0 Å². The molecule has 0 aromatic carbocycles. The third-order valence-corrected chi connectivity index (χ3v) is 4.42. The van der Waals surface area contributed by atoms with Gasteiger partial charge in [0.1, 0.15) is 11.6 Å². The average molecular weight is 307 g/mol. The van der Waals surface area contributed by atoms with Crippen LogP contribution >= 0.6 is 0 Å². The van der Waals surface area contributed by atoms with Crippen LogP contribution in [0.1, 0.15) is 24.5 Å². The molecule has 3 heterocycles. The number of carbonyl (C=O) groups excluding carboxylic acids is 1. The highest BCUT2D eigenvalue weighted by Gasteiger charge is 2.24. The van der Waals surface area contributed by atoms with Gasteiger partial charge in [-0.15, -0.1) is 0 Å². The van der Waals surface area contributed by atoms with Gasteiger partial charge < -0.3 is 9.64 Å². The molecule has 0 unspecified atom stereocenters. The highest BCUT2D eigenvalue weighted by atomic mass is 16.5. The summed E-state index contributed by atoms with van der Waals surface area (Å²) in [5.41, 5.74) is 0. The van der Waals surface area contributed by atoms with Crippen molar-refractivity contribution in [1.82, 2.24) is 24.6 Å². The second kappa shape index (κ2) is 6.75. The SMILES string of the molecule is Cc1nc(C)n(C[C@H]2CN(CCN3CCCC3=O)CCO2)n1. The molecule has 1 atom stereocenters. The van der Waals surface area contributed by atoms with E-state index in [1.807, 2.05) is 23.4 Å². The van der Waals surface area contributed by atoms with E-state index in [9.17, 15) is 4.79 Å². The van der Waals surface area contributed by atoms with Crippen molar-refractivity contribution in [2.45, 2.75) is 39.3 Å². The molecule has 0 spiro atoms. The highest BCUT2D eigenvalue weighted by Crippen LogP contribution is 2.12. The van der Waals surface area contributed by atoms with Crippen LogP contribution in [0.3, 0.4) is 0 Å². The van der Waals surface area contributed by atoms with Crippen LogP contribution in [0.25, 0.3) is 0 Å². The standard InChI is InChI=1S/C15H25N5O2/c1-12-16-13(2)20(17-12)11-14-10-18(8-9-22-14)6-7-19-5-3-4-15(19)21/h14H,3-11H2,1-2H3/t14-/m1/s1. The van der Waals surface area contributed by atoms with Gasteiger partial charge in [-0.05, 0) is 20.3 Å². The first kappa shape index (κ1) is 15.4. The van der Waals surface area contributed by atoms with Crippen LogP contribution in [0.4, 0.5) is 0 Å². The Morgan fingerprint density at radius 3 is 2.82 bits per heavy atom. The molecule has 0 N–H and O–H groups in total. The van der Waals surface area contributed by atoms with Gasteiger partial charge in [-0.25, -0.2) is 9.67 Å².